The summed E-state index contributed by atoms with van der Waals surface area (Å²) in [5.41, 5.74) is 2.06. The lowest BCUT2D eigenvalue weighted by Gasteiger charge is -2.44. The molecule has 2 N–H and O–H groups in total. The summed E-state index contributed by atoms with van der Waals surface area (Å²) in [6.45, 7) is 5.70. The number of benzene rings is 1. The van der Waals surface area contributed by atoms with Gasteiger partial charge >= 0.3 is 0 Å². The molecule has 3 aliphatic rings. The Labute approximate surface area is 272 Å². The van der Waals surface area contributed by atoms with Gasteiger partial charge in [0.2, 0.25) is 0 Å². The summed E-state index contributed by atoms with van der Waals surface area (Å²) in [6, 6.07) is 4.62. The van der Waals surface area contributed by atoms with E-state index in [0.717, 1.165) is 42.5 Å². The first kappa shape index (κ1) is 33.0. The van der Waals surface area contributed by atoms with Gasteiger partial charge in [-0.1, -0.05) is 0 Å². The van der Waals surface area contributed by atoms with Crippen molar-refractivity contribution in [2.45, 2.75) is 88.9 Å². The first-order valence-corrected chi connectivity index (χ1v) is 16.3. The van der Waals surface area contributed by atoms with Crippen molar-refractivity contribution < 1.29 is 32.5 Å². The van der Waals surface area contributed by atoms with E-state index >= 15 is 0 Å². The summed E-state index contributed by atoms with van der Waals surface area (Å²) < 4.78 is 54.7. The molecule has 47 heavy (non-hydrogen) atoms. The molecule has 2 aromatic heterocycles. The number of carbonyl (C=O) groups is 1. The van der Waals surface area contributed by atoms with Gasteiger partial charge in [-0.05, 0) is 51.0 Å². The number of halogens is 3. The topological polar surface area (TPSA) is 113 Å². The summed E-state index contributed by atoms with van der Waals surface area (Å²) in [7, 11) is 0. The summed E-state index contributed by atoms with van der Waals surface area (Å²) in [4.78, 5) is 30.3. The molecule has 0 spiro atoms. The fourth-order valence-electron chi connectivity index (χ4n) is 6.83. The zero-order valence-electron chi connectivity index (χ0n) is 26.7. The van der Waals surface area contributed by atoms with E-state index in [2.05, 4.69) is 25.2 Å². The molecule has 1 saturated heterocycles. The van der Waals surface area contributed by atoms with E-state index in [-0.39, 0.29) is 36.1 Å². The lowest BCUT2D eigenvalue weighted by Crippen LogP contribution is -2.55. The molecule has 1 amide bonds. The smallest absolute Gasteiger partial charge is 0.258 e. The highest BCUT2D eigenvalue weighted by Crippen LogP contribution is 2.43. The number of nitrogens with one attached hydrogen (secondary N) is 1. The second-order valence-corrected chi connectivity index (χ2v) is 12.8. The molecule has 1 saturated carbocycles. The minimum atomic E-state index is -2.81. The highest BCUT2D eigenvalue weighted by Gasteiger charge is 2.50. The molecule has 1 aromatic carbocycles. The highest BCUT2D eigenvalue weighted by molar-refractivity contribution is 5.97. The molecular formula is C34H41F3N6O4. The van der Waals surface area contributed by atoms with Crippen molar-refractivity contribution in [3.63, 3.8) is 0 Å². The molecule has 10 nitrogen and oxygen atoms in total. The Morgan fingerprint density at radius 2 is 1.94 bits per heavy atom. The Morgan fingerprint density at radius 1 is 1.15 bits per heavy atom. The number of piperidine rings is 1. The summed E-state index contributed by atoms with van der Waals surface area (Å²) in [6.07, 6.45) is 7.56. The number of fused-ring (bicyclic) bond motifs is 1. The molecule has 0 radical (unpaired) electrons. The SMILES string of the molecule is CC(C)N(C(=O)c1cc(F)ccc1Oc1cncnc1N1CCC(Oc2ccnc3c2[C@@H](CCCO)NCC3)CC1)C1CC(F)(F)C1. The normalized spacial score (nSPS) is 19.6. The maximum Gasteiger partial charge on any atom is 0.258 e. The molecule has 6 rings (SSSR count). The van der Waals surface area contributed by atoms with Crippen molar-refractivity contribution in [1.29, 1.82) is 0 Å². The minimum absolute atomic E-state index is 0.0356. The monoisotopic (exact) mass is 654 g/mol. The predicted octanol–water partition coefficient (Wildman–Crippen LogP) is 5.46. The number of alkyl halides is 2. The Bertz CT molecular complexity index is 1560. The fraction of sp³-hybridized carbons (Fsp3) is 0.529. The van der Waals surface area contributed by atoms with Gasteiger partial charge in [-0.15, -0.1) is 0 Å². The van der Waals surface area contributed by atoms with E-state index in [9.17, 15) is 23.1 Å². The van der Waals surface area contributed by atoms with Crippen LogP contribution in [-0.4, -0.2) is 81.2 Å². The maximum atomic E-state index is 14.5. The van der Waals surface area contributed by atoms with Crippen molar-refractivity contribution in [1.82, 2.24) is 25.2 Å². The standard InChI is InChI=1S/C34H41F3N6O4/c1-21(2)43(23-17-34(36,37)18-23)33(45)25-16-22(35)5-6-28(25)47-30-19-38-20-41-32(30)42-13-9-24(10-14-42)46-29-8-12-40-27-7-11-39-26(31(27)29)4-3-15-44/h5-6,8,12,16,19-21,23-24,26,39,44H,3-4,7,9-11,13-15,17-18H2,1-2H3/t26-/m1/s1. The number of pyridine rings is 1. The third-order valence-corrected chi connectivity index (χ3v) is 9.12. The maximum absolute atomic E-state index is 14.5. The van der Waals surface area contributed by atoms with Crippen molar-refractivity contribution in [3.05, 3.63) is 65.6 Å². The van der Waals surface area contributed by atoms with Crippen LogP contribution in [0.15, 0.2) is 43.0 Å². The van der Waals surface area contributed by atoms with Crippen molar-refractivity contribution >= 4 is 11.7 Å². The number of hydrogen-bond acceptors (Lipinski definition) is 9. The van der Waals surface area contributed by atoms with Crippen LogP contribution < -0.4 is 19.7 Å². The lowest BCUT2D eigenvalue weighted by molar-refractivity contribution is -0.120. The first-order valence-electron chi connectivity index (χ1n) is 16.3. The molecule has 3 aromatic rings. The van der Waals surface area contributed by atoms with Crippen LogP contribution >= 0.6 is 0 Å². The number of hydrogen-bond donors (Lipinski definition) is 2. The fourth-order valence-corrected chi connectivity index (χ4v) is 6.83. The van der Waals surface area contributed by atoms with Crippen molar-refractivity contribution in [2.75, 3.05) is 31.1 Å². The average Bonchev–Trinajstić information content (AvgIpc) is 3.04. The molecule has 2 aliphatic heterocycles. The number of aliphatic hydroxyl groups excluding tert-OH is 1. The van der Waals surface area contributed by atoms with Crippen LogP contribution in [-0.2, 0) is 6.42 Å². The van der Waals surface area contributed by atoms with Crippen LogP contribution in [0.3, 0.4) is 0 Å². The molecular weight excluding hydrogens is 613 g/mol. The second-order valence-electron chi connectivity index (χ2n) is 12.8. The van der Waals surface area contributed by atoms with Gasteiger partial charge in [0.05, 0.1) is 17.5 Å². The number of aromatic nitrogens is 3. The molecule has 2 fully saturated rings. The largest absolute Gasteiger partial charge is 0.490 e. The number of rotatable bonds is 11. The van der Waals surface area contributed by atoms with E-state index < -0.39 is 36.5 Å². The number of ether oxygens (including phenoxy) is 2. The third-order valence-electron chi connectivity index (χ3n) is 9.12. The zero-order valence-corrected chi connectivity index (χ0v) is 26.7. The van der Waals surface area contributed by atoms with Gasteiger partial charge in [-0.3, -0.25) is 9.78 Å². The van der Waals surface area contributed by atoms with E-state index in [1.807, 2.05) is 6.07 Å². The van der Waals surface area contributed by atoms with Crippen molar-refractivity contribution in [3.8, 4) is 17.2 Å². The first-order chi connectivity index (χ1) is 22.6. The Kier molecular flexibility index (Phi) is 9.83. The van der Waals surface area contributed by atoms with E-state index in [1.165, 1.54) is 29.6 Å². The van der Waals surface area contributed by atoms with Gasteiger partial charge in [0.1, 0.15) is 29.7 Å². The van der Waals surface area contributed by atoms with E-state index in [0.29, 0.717) is 43.9 Å². The average molecular weight is 655 g/mol. The molecule has 1 atom stereocenters. The Hall–Kier alpha value is -3.97. The van der Waals surface area contributed by atoms with Gasteiger partial charge in [-0.2, -0.15) is 0 Å². The quantitative estimate of drug-likeness (QED) is 0.279. The van der Waals surface area contributed by atoms with Crippen LogP contribution in [0.2, 0.25) is 0 Å². The summed E-state index contributed by atoms with van der Waals surface area (Å²) in [5, 5.41) is 12.9. The lowest BCUT2D eigenvalue weighted by atomic mass is 9.85. The number of carbonyl (C=O) groups excluding carboxylic acids is 1. The Morgan fingerprint density at radius 3 is 2.66 bits per heavy atom. The molecule has 0 unspecified atom stereocenters. The van der Waals surface area contributed by atoms with Crippen LogP contribution in [0.5, 0.6) is 17.2 Å². The molecule has 1 aliphatic carbocycles. The predicted molar refractivity (Wildman–Crippen MR) is 169 cm³/mol. The number of aliphatic hydroxyl groups is 1. The van der Waals surface area contributed by atoms with Crippen molar-refractivity contribution in [2.24, 2.45) is 0 Å². The zero-order chi connectivity index (χ0) is 33.1. The molecule has 13 heteroatoms. The number of amides is 1. The van der Waals surface area contributed by atoms with Gasteiger partial charge in [-0.25, -0.2) is 23.1 Å². The Balaban J connectivity index is 1.16. The number of nitrogens with zero attached hydrogens (tertiary/aromatic N) is 5. The highest BCUT2D eigenvalue weighted by atomic mass is 19.3. The molecule has 4 heterocycles. The summed E-state index contributed by atoms with van der Waals surface area (Å²) >= 11 is 0. The van der Waals surface area contributed by atoms with Gasteiger partial charge in [0, 0.05) is 88.2 Å². The van der Waals surface area contributed by atoms with Crippen LogP contribution in [0.25, 0.3) is 0 Å². The minimum Gasteiger partial charge on any atom is -0.490 e. The van der Waals surface area contributed by atoms with Gasteiger partial charge < -0.3 is 29.7 Å². The van der Waals surface area contributed by atoms with E-state index in [4.69, 9.17) is 9.47 Å². The van der Waals surface area contributed by atoms with E-state index in [1.54, 1.807) is 20.0 Å². The van der Waals surface area contributed by atoms with Gasteiger partial charge in [0.15, 0.2) is 11.6 Å². The number of anilines is 1. The van der Waals surface area contributed by atoms with Gasteiger partial charge in [0.25, 0.3) is 11.8 Å². The van der Waals surface area contributed by atoms with Crippen LogP contribution in [0.1, 0.15) is 80.0 Å². The van der Waals surface area contributed by atoms with Crippen LogP contribution in [0, 0.1) is 5.82 Å². The summed E-state index contributed by atoms with van der Waals surface area (Å²) in [5.74, 6) is -2.29. The third kappa shape index (κ3) is 7.30. The molecule has 0 bridgehead atoms. The van der Waals surface area contributed by atoms with Crippen LogP contribution in [0.4, 0.5) is 19.0 Å². The molecule has 252 valence electrons. The second kappa shape index (κ2) is 14.0.